The Morgan fingerprint density at radius 3 is 2.61 bits per heavy atom. The fourth-order valence-electron chi connectivity index (χ4n) is 2.50. The highest BCUT2D eigenvalue weighted by atomic mass is 35.5. The maximum absolute atomic E-state index is 5.89. The molecule has 0 radical (unpaired) electrons. The Hall–Kier alpha value is -0.570. The Kier molecular flexibility index (Phi) is 5.48. The molecule has 0 aromatic heterocycles. The van der Waals surface area contributed by atoms with E-state index in [2.05, 4.69) is 29.7 Å². The molecule has 1 fully saturated rings. The van der Waals surface area contributed by atoms with Crippen molar-refractivity contribution in [3.63, 3.8) is 0 Å². The Morgan fingerprint density at radius 2 is 1.94 bits per heavy atom. The van der Waals surface area contributed by atoms with Crippen molar-refractivity contribution < 1.29 is 0 Å². The largest absolute Gasteiger partial charge is 0.317 e. The molecule has 18 heavy (non-hydrogen) atoms. The van der Waals surface area contributed by atoms with Crippen LogP contribution in [0.15, 0.2) is 24.3 Å². The van der Waals surface area contributed by atoms with Crippen LogP contribution in [0, 0.1) is 5.92 Å². The lowest BCUT2D eigenvalue weighted by Gasteiger charge is -2.24. The summed E-state index contributed by atoms with van der Waals surface area (Å²) in [6.45, 7) is 5.77. The summed E-state index contributed by atoms with van der Waals surface area (Å²) in [6.07, 6.45) is 3.68. The van der Waals surface area contributed by atoms with Crippen LogP contribution in [-0.2, 0) is 6.42 Å². The molecule has 1 unspecified atom stereocenters. The standard InChI is InChI=1S/C15H23ClN2/c1-12(10-13-2-4-15(16)5-3-13)18-11-14-6-8-17-9-7-14/h2-5,12,14,17-18H,6-11H2,1H3. The second-order valence-electron chi connectivity index (χ2n) is 5.33. The van der Waals surface area contributed by atoms with Crippen LogP contribution in [0.2, 0.25) is 5.02 Å². The molecule has 2 N–H and O–H groups in total. The third-order valence-corrected chi connectivity index (χ3v) is 3.92. The van der Waals surface area contributed by atoms with Gasteiger partial charge in [-0.25, -0.2) is 0 Å². The van der Waals surface area contributed by atoms with Crippen molar-refractivity contribution in [2.24, 2.45) is 5.92 Å². The molecule has 1 aliphatic rings. The van der Waals surface area contributed by atoms with Crippen LogP contribution in [0.25, 0.3) is 0 Å². The Morgan fingerprint density at radius 1 is 1.28 bits per heavy atom. The summed E-state index contributed by atoms with van der Waals surface area (Å²) in [4.78, 5) is 0. The van der Waals surface area contributed by atoms with E-state index in [0.29, 0.717) is 6.04 Å². The quantitative estimate of drug-likeness (QED) is 0.856. The SMILES string of the molecule is CC(Cc1ccc(Cl)cc1)NCC1CCNCC1. The summed E-state index contributed by atoms with van der Waals surface area (Å²) in [5, 5.41) is 7.88. The van der Waals surface area contributed by atoms with Gasteiger partial charge in [0.25, 0.3) is 0 Å². The van der Waals surface area contributed by atoms with Crippen LogP contribution in [0.5, 0.6) is 0 Å². The minimum atomic E-state index is 0.529. The lowest BCUT2D eigenvalue weighted by atomic mass is 9.97. The van der Waals surface area contributed by atoms with Crippen LogP contribution in [0.3, 0.4) is 0 Å². The van der Waals surface area contributed by atoms with Crippen LogP contribution in [-0.4, -0.2) is 25.7 Å². The van der Waals surface area contributed by atoms with Crippen molar-refractivity contribution in [1.82, 2.24) is 10.6 Å². The monoisotopic (exact) mass is 266 g/mol. The lowest BCUT2D eigenvalue weighted by Crippen LogP contribution is -2.37. The summed E-state index contributed by atoms with van der Waals surface area (Å²) in [6, 6.07) is 8.70. The molecule has 1 atom stereocenters. The van der Waals surface area contributed by atoms with E-state index in [9.17, 15) is 0 Å². The van der Waals surface area contributed by atoms with E-state index in [0.717, 1.165) is 23.9 Å². The first-order chi connectivity index (χ1) is 8.74. The Labute approximate surface area is 115 Å². The van der Waals surface area contributed by atoms with Crippen molar-refractivity contribution in [3.8, 4) is 0 Å². The van der Waals surface area contributed by atoms with Crippen molar-refractivity contribution >= 4 is 11.6 Å². The highest BCUT2D eigenvalue weighted by molar-refractivity contribution is 6.30. The number of hydrogen-bond donors (Lipinski definition) is 2. The fourth-order valence-corrected chi connectivity index (χ4v) is 2.63. The highest BCUT2D eigenvalue weighted by Gasteiger charge is 2.13. The lowest BCUT2D eigenvalue weighted by molar-refractivity contribution is 0.343. The maximum atomic E-state index is 5.89. The molecule has 1 aromatic carbocycles. The molecule has 1 heterocycles. The predicted molar refractivity (Wildman–Crippen MR) is 78.2 cm³/mol. The van der Waals surface area contributed by atoms with Crippen molar-refractivity contribution in [2.75, 3.05) is 19.6 Å². The van der Waals surface area contributed by atoms with Gasteiger partial charge in [-0.3, -0.25) is 0 Å². The molecule has 1 aromatic rings. The van der Waals surface area contributed by atoms with Crippen LogP contribution < -0.4 is 10.6 Å². The normalized spacial score (nSPS) is 18.8. The van der Waals surface area contributed by atoms with E-state index >= 15 is 0 Å². The fraction of sp³-hybridized carbons (Fsp3) is 0.600. The van der Waals surface area contributed by atoms with E-state index in [1.807, 2.05) is 12.1 Å². The number of rotatable bonds is 5. The van der Waals surface area contributed by atoms with E-state index in [1.165, 1.54) is 31.5 Å². The topological polar surface area (TPSA) is 24.1 Å². The van der Waals surface area contributed by atoms with Crippen LogP contribution in [0.4, 0.5) is 0 Å². The van der Waals surface area contributed by atoms with Gasteiger partial charge in [0.15, 0.2) is 0 Å². The van der Waals surface area contributed by atoms with Gasteiger partial charge in [-0.2, -0.15) is 0 Å². The third kappa shape index (κ3) is 4.60. The third-order valence-electron chi connectivity index (χ3n) is 3.67. The Bertz CT molecular complexity index is 344. The predicted octanol–water partition coefficient (Wildman–Crippen LogP) is 2.86. The summed E-state index contributed by atoms with van der Waals surface area (Å²) in [5.41, 5.74) is 1.35. The van der Waals surface area contributed by atoms with Gasteiger partial charge in [-0.05, 0) is 69.4 Å². The molecule has 2 nitrogen and oxygen atoms in total. The molecule has 3 heteroatoms. The number of piperidine rings is 1. The summed E-state index contributed by atoms with van der Waals surface area (Å²) in [5.74, 6) is 0.846. The maximum Gasteiger partial charge on any atom is 0.0406 e. The molecule has 0 amide bonds. The first kappa shape index (κ1) is 13.9. The van der Waals surface area contributed by atoms with Crippen molar-refractivity contribution in [3.05, 3.63) is 34.9 Å². The van der Waals surface area contributed by atoms with Gasteiger partial charge < -0.3 is 10.6 Å². The van der Waals surface area contributed by atoms with Gasteiger partial charge >= 0.3 is 0 Å². The van der Waals surface area contributed by atoms with Gasteiger partial charge in [0.05, 0.1) is 0 Å². The van der Waals surface area contributed by atoms with Gasteiger partial charge in [0.2, 0.25) is 0 Å². The smallest absolute Gasteiger partial charge is 0.0406 e. The first-order valence-electron chi connectivity index (χ1n) is 6.92. The number of nitrogens with one attached hydrogen (secondary N) is 2. The number of halogens is 1. The van der Waals surface area contributed by atoms with Gasteiger partial charge in [0.1, 0.15) is 0 Å². The molecule has 0 bridgehead atoms. The zero-order valence-corrected chi connectivity index (χ0v) is 11.8. The first-order valence-corrected chi connectivity index (χ1v) is 7.30. The van der Waals surface area contributed by atoms with Crippen LogP contribution in [0.1, 0.15) is 25.3 Å². The minimum Gasteiger partial charge on any atom is -0.317 e. The summed E-state index contributed by atoms with van der Waals surface area (Å²) < 4.78 is 0. The molecule has 0 spiro atoms. The average molecular weight is 267 g/mol. The molecule has 100 valence electrons. The summed E-state index contributed by atoms with van der Waals surface area (Å²) >= 11 is 5.89. The molecule has 1 saturated heterocycles. The molecule has 2 rings (SSSR count). The second kappa shape index (κ2) is 7.13. The number of hydrogen-bond acceptors (Lipinski definition) is 2. The van der Waals surface area contributed by atoms with E-state index in [4.69, 9.17) is 11.6 Å². The zero-order valence-electron chi connectivity index (χ0n) is 11.1. The van der Waals surface area contributed by atoms with E-state index in [1.54, 1.807) is 0 Å². The van der Waals surface area contributed by atoms with E-state index in [-0.39, 0.29) is 0 Å². The van der Waals surface area contributed by atoms with Gasteiger partial charge in [0, 0.05) is 11.1 Å². The molecule has 0 aliphatic carbocycles. The minimum absolute atomic E-state index is 0.529. The summed E-state index contributed by atoms with van der Waals surface area (Å²) in [7, 11) is 0. The number of benzene rings is 1. The molecular formula is C15H23ClN2. The van der Waals surface area contributed by atoms with Crippen molar-refractivity contribution in [2.45, 2.75) is 32.2 Å². The van der Waals surface area contributed by atoms with E-state index < -0.39 is 0 Å². The zero-order chi connectivity index (χ0) is 12.8. The average Bonchev–Trinajstić information content (AvgIpc) is 2.40. The van der Waals surface area contributed by atoms with Gasteiger partial charge in [-0.1, -0.05) is 23.7 Å². The molecule has 1 aliphatic heterocycles. The van der Waals surface area contributed by atoms with Crippen LogP contribution >= 0.6 is 11.6 Å². The Balaban J connectivity index is 1.71. The van der Waals surface area contributed by atoms with Gasteiger partial charge in [-0.15, -0.1) is 0 Å². The molecule has 0 saturated carbocycles. The van der Waals surface area contributed by atoms with Crippen molar-refractivity contribution in [1.29, 1.82) is 0 Å². The molecular weight excluding hydrogens is 244 g/mol. The second-order valence-corrected chi connectivity index (χ2v) is 5.77. The highest BCUT2D eigenvalue weighted by Crippen LogP contribution is 2.13.